The van der Waals surface area contributed by atoms with Crippen molar-refractivity contribution in [1.29, 1.82) is 0 Å². The van der Waals surface area contributed by atoms with Crippen LogP contribution in [0.5, 0.6) is 0 Å². The number of imide groups is 1. The van der Waals surface area contributed by atoms with Gasteiger partial charge >= 0.3 is 5.97 Å². The van der Waals surface area contributed by atoms with Crippen molar-refractivity contribution < 1.29 is 19.1 Å². The number of amides is 2. The molecule has 1 saturated carbocycles. The molecule has 4 aliphatic carbocycles. The van der Waals surface area contributed by atoms with Crippen LogP contribution in [0.1, 0.15) is 62.3 Å². The monoisotopic (exact) mass is 627 g/mol. The summed E-state index contributed by atoms with van der Waals surface area (Å²) in [6, 6.07) is 15.9. The van der Waals surface area contributed by atoms with Gasteiger partial charge in [-0.1, -0.05) is 108 Å². The highest BCUT2D eigenvalue weighted by Gasteiger charge is 2.72. The molecule has 2 bridgehead atoms. The van der Waals surface area contributed by atoms with Gasteiger partial charge < -0.3 is 4.74 Å². The minimum atomic E-state index is -0.854. The summed E-state index contributed by atoms with van der Waals surface area (Å²) in [5.74, 6) is -1.31. The highest BCUT2D eigenvalue weighted by molar-refractivity contribution is 9.10. The molecule has 0 radical (unpaired) electrons. The fourth-order valence-corrected chi connectivity index (χ4v) is 9.77. The quantitative estimate of drug-likeness (QED) is 0.240. The summed E-state index contributed by atoms with van der Waals surface area (Å²) in [5.41, 5.74) is 3.92. The predicted octanol–water partition coefficient (Wildman–Crippen LogP) is 5.90. The lowest BCUT2D eigenvalue weighted by molar-refractivity contribution is -0.161. The number of esters is 1. The summed E-state index contributed by atoms with van der Waals surface area (Å²) in [5, 5.41) is 0. The van der Waals surface area contributed by atoms with E-state index in [9.17, 15) is 14.4 Å². The van der Waals surface area contributed by atoms with E-state index in [4.69, 9.17) is 4.74 Å². The van der Waals surface area contributed by atoms with Crippen LogP contribution in [-0.4, -0.2) is 35.3 Å². The molecule has 37 heavy (non-hydrogen) atoms. The van der Waals surface area contributed by atoms with Gasteiger partial charge in [0, 0.05) is 0 Å². The minimum Gasteiger partial charge on any atom is -0.461 e. The molecule has 0 spiro atoms. The number of benzene rings is 2. The predicted molar refractivity (Wildman–Crippen MR) is 147 cm³/mol. The number of likely N-dealkylation sites (tertiary alicyclic amines) is 1. The van der Waals surface area contributed by atoms with Crippen LogP contribution in [0.4, 0.5) is 0 Å². The van der Waals surface area contributed by atoms with Gasteiger partial charge in [0.05, 0.1) is 20.5 Å². The highest BCUT2D eigenvalue weighted by atomic mass is 79.9. The third kappa shape index (κ3) is 3.42. The van der Waals surface area contributed by atoms with Gasteiger partial charge in [-0.3, -0.25) is 19.3 Å². The number of rotatable bonds is 4. The topological polar surface area (TPSA) is 63.7 Å². The second-order valence-corrected chi connectivity index (χ2v) is 14.1. The molecule has 7 heteroatoms. The van der Waals surface area contributed by atoms with Crippen LogP contribution in [0, 0.1) is 29.6 Å². The Labute approximate surface area is 234 Å². The molecule has 2 amide bonds. The Hall–Kier alpha value is -1.99. The fourth-order valence-electron chi connectivity index (χ4n) is 7.47. The van der Waals surface area contributed by atoms with Crippen LogP contribution in [0.2, 0.25) is 0 Å². The van der Waals surface area contributed by atoms with Crippen LogP contribution in [-0.2, 0) is 27.8 Å². The number of hydrogen-bond donors (Lipinski definition) is 0. The van der Waals surface area contributed by atoms with Gasteiger partial charge in [0.2, 0.25) is 11.8 Å². The number of carbonyl (C=O) groups is 3. The number of hydrogen-bond acceptors (Lipinski definition) is 4. The number of alkyl halides is 2. The van der Waals surface area contributed by atoms with Crippen molar-refractivity contribution in [2.45, 2.75) is 54.8 Å². The molecule has 194 valence electrons. The molecule has 2 aromatic rings. The Kier molecular flexibility index (Phi) is 6.00. The van der Waals surface area contributed by atoms with Crippen molar-refractivity contribution in [3.8, 4) is 0 Å². The van der Waals surface area contributed by atoms with E-state index in [-0.39, 0.29) is 24.5 Å². The molecule has 7 rings (SSSR count). The van der Waals surface area contributed by atoms with Crippen LogP contribution < -0.4 is 0 Å². The molecule has 1 saturated heterocycles. The number of carbonyl (C=O) groups excluding carboxylic acids is 3. The SMILES string of the molecule is CC(C)[C@H]1CC[C@@H](C)C[C@H]1OC(=O)CN1C(=O)[C@H]2[C@H](C1=O)C1(Br)c3ccccc3C2(Br)c2ccccc21. The average Bonchev–Trinajstić information content (AvgIpc) is 3.13. The van der Waals surface area contributed by atoms with E-state index in [1.165, 1.54) is 0 Å². The molecule has 2 fully saturated rings. The van der Waals surface area contributed by atoms with Gasteiger partial charge in [0.1, 0.15) is 12.6 Å². The first kappa shape index (κ1) is 25.3. The zero-order chi connectivity index (χ0) is 26.3. The van der Waals surface area contributed by atoms with Crippen LogP contribution in [0.15, 0.2) is 48.5 Å². The van der Waals surface area contributed by atoms with Crippen molar-refractivity contribution >= 4 is 49.6 Å². The number of ether oxygens (including phenoxy) is 1. The van der Waals surface area contributed by atoms with Gasteiger partial charge in [-0.05, 0) is 52.8 Å². The standard InChI is InChI=1S/C30H31Br2NO4/c1-16(2)18-13-12-17(3)14-23(18)37-24(34)15-33-27(35)25-26(28(33)36)30(32)20-9-5-4-8-19(20)29(25,31)21-10-6-7-11-22(21)30/h4-11,16-18,23,25-26H,12-15H2,1-3H3/t17-,18-,23-,25-,26-,29?,30?/m1/s1. The van der Waals surface area contributed by atoms with Crippen molar-refractivity contribution in [3.63, 3.8) is 0 Å². The van der Waals surface area contributed by atoms with Gasteiger partial charge in [-0.15, -0.1) is 0 Å². The maximum atomic E-state index is 14.0. The van der Waals surface area contributed by atoms with Gasteiger partial charge in [-0.2, -0.15) is 0 Å². The lowest BCUT2D eigenvalue weighted by Gasteiger charge is -2.55. The third-order valence-electron chi connectivity index (χ3n) is 9.21. The van der Waals surface area contributed by atoms with E-state index >= 15 is 0 Å². The Balaban J connectivity index is 1.34. The Morgan fingerprint density at radius 3 is 1.81 bits per heavy atom. The van der Waals surface area contributed by atoms with E-state index in [0.717, 1.165) is 46.4 Å². The molecule has 5 nitrogen and oxygen atoms in total. The van der Waals surface area contributed by atoms with Crippen molar-refractivity contribution in [2.75, 3.05) is 6.54 Å². The summed E-state index contributed by atoms with van der Waals surface area (Å²) < 4.78 is 4.27. The molecule has 1 aliphatic heterocycles. The summed E-state index contributed by atoms with van der Waals surface area (Å²) in [4.78, 5) is 42.4. The maximum Gasteiger partial charge on any atom is 0.326 e. The van der Waals surface area contributed by atoms with Crippen molar-refractivity contribution in [1.82, 2.24) is 4.90 Å². The molecule has 1 heterocycles. The van der Waals surface area contributed by atoms with Crippen LogP contribution in [0.25, 0.3) is 0 Å². The summed E-state index contributed by atoms with van der Waals surface area (Å²) in [7, 11) is 0. The molecule has 5 aliphatic rings. The summed E-state index contributed by atoms with van der Waals surface area (Å²) in [6.45, 7) is 6.16. The highest BCUT2D eigenvalue weighted by Crippen LogP contribution is 2.70. The second-order valence-electron chi connectivity index (χ2n) is 11.6. The van der Waals surface area contributed by atoms with Gasteiger partial charge in [0.25, 0.3) is 0 Å². The summed E-state index contributed by atoms with van der Waals surface area (Å²) >= 11 is 7.99. The first-order valence-corrected chi connectivity index (χ1v) is 14.8. The van der Waals surface area contributed by atoms with E-state index < -0.39 is 26.5 Å². The molecule has 5 atom stereocenters. The third-order valence-corrected chi connectivity index (χ3v) is 11.9. The van der Waals surface area contributed by atoms with Crippen LogP contribution in [0.3, 0.4) is 0 Å². The normalized spacial score (nSPS) is 35.8. The lowest BCUT2D eigenvalue weighted by atomic mass is 9.54. The molecule has 0 N–H and O–H groups in total. The Morgan fingerprint density at radius 2 is 1.38 bits per heavy atom. The van der Waals surface area contributed by atoms with Crippen molar-refractivity contribution in [2.24, 2.45) is 29.6 Å². The molecule has 2 aromatic carbocycles. The Bertz CT molecular complexity index is 1180. The molecular weight excluding hydrogens is 598 g/mol. The molecule has 0 aromatic heterocycles. The van der Waals surface area contributed by atoms with E-state index in [0.29, 0.717) is 17.8 Å². The first-order chi connectivity index (χ1) is 17.6. The van der Waals surface area contributed by atoms with E-state index in [1.807, 2.05) is 48.5 Å². The number of halogens is 2. The fraction of sp³-hybridized carbons (Fsp3) is 0.500. The van der Waals surface area contributed by atoms with Gasteiger partial charge in [0.15, 0.2) is 0 Å². The zero-order valence-electron chi connectivity index (χ0n) is 21.2. The number of nitrogens with zero attached hydrogens (tertiary/aromatic N) is 1. The van der Waals surface area contributed by atoms with Crippen LogP contribution >= 0.6 is 31.9 Å². The summed E-state index contributed by atoms with van der Waals surface area (Å²) in [6.07, 6.45) is 2.80. The molecular formula is C30H31Br2NO4. The lowest BCUT2D eigenvalue weighted by Crippen LogP contribution is -2.56. The first-order valence-electron chi connectivity index (χ1n) is 13.2. The largest absolute Gasteiger partial charge is 0.461 e. The maximum absolute atomic E-state index is 14.0. The van der Waals surface area contributed by atoms with E-state index in [1.54, 1.807) is 0 Å². The van der Waals surface area contributed by atoms with E-state index in [2.05, 4.69) is 52.6 Å². The Morgan fingerprint density at radius 1 is 0.919 bits per heavy atom. The molecule has 0 unspecified atom stereocenters. The minimum absolute atomic E-state index is 0.180. The smallest absolute Gasteiger partial charge is 0.326 e. The second kappa shape index (κ2) is 8.77. The van der Waals surface area contributed by atoms with Gasteiger partial charge in [-0.25, -0.2) is 0 Å². The zero-order valence-corrected chi connectivity index (χ0v) is 24.4. The van der Waals surface area contributed by atoms with Crippen molar-refractivity contribution in [3.05, 3.63) is 70.8 Å². The average molecular weight is 629 g/mol.